The fraction of sp³-hybridized carbons (Fsp3) is 0.455. The summed E-state index contributed by atoms with van der Waals surface area (Å²) in [5, 5.41) is 0. The van der Waals surface area contributed by atoms with Crippen LogP contribution in [-0.4, -0.2) is 28.3 Å². The number of aromatic nitrogens is 3. The van der Waals surface area contributed by atoms with Gasteiger partial charge in [-0.2, -0.15) is 0 Å². The van der Waals surface area contributed by atoms with Gasteiger partial charge in [0, 0.05) is 19.9 Å². The summed E-state index contributed by atoms with van der Waals surface area (Å²) in [6, 6.07) is 3.88. The van der Waals surface area contributed by atoms with Crippen LogP contribution in [0.15, 0.2) is 18.3 Å². The quantitative estimate of drug-likeness (QED) is 0.830. The van der Waals surface area contributed by atoms with Crippen molar-refractivity contribution in [1.82, 2.24) is 14.5 Å². The van der Waals surface area contributed by atoms with E-state index < -0.39 is 0 Å². The van der Waals surface area contributed by atoms with Gasteiger partial charge in [0.05, 0.1) is 12.1 Å². The molecule has 1 unspecified atom stereocenters. The molecule has 0 aliphatic rings. The first-order valence-corrected chi connectivity index (χ1v) is 5.65. The van der Waals surface area contributed by atoms with Crippen molar-refractivity contribution in [2.24, 2.45) is 5.92 Å². The maximum Gasteiger partial charge on any atom is 0.179 e. The van der Waals surface area contributed by atoms with E-state index in [1.165, 1.54) is 0 Å². The fourth-order valence-corrected chi connectivity index (χ4v) is 2.08. The highest BCUT2D eigenvalue weighted by molar-refractivity contribution is 7.71. The summed E-state index contributed by atoms with van der Waals surface area (Å²) in [4.78, 5) is 7.49. The van der Waals surface area contributed by atoms with Crippen LogP contribution in [0.2, 0.25) is 0 Å². The number of methoxy groups -OCH3 is 1. The number of imidazole rings is 1. The molecule has 0 spiro atoms. The Morgan fingerprint density at radius 1 is 1.62 bits per heavy atom. The lowest BCUT2D eigenvalue weighted by Gasteiger charge is -2.11. The monoisotopic (exact) mass is 237 g/mol. The molecule has 2 heterocycles. The van der Waals surface area contributed by atoms with Gasteiger partial charge in [-0.3, -0.25) is 0 Å². The molecule has 0 fully saturated rings. The molecule has 0 radical (unpaired) electrons. The smallest absolute Gasteiger partial charge is 0.179 e. The van der Waals surface area contributed by atoms with Crippen LogP contribution in [0.5, 0.6) is 0 Å². The lowest BCUT2D eigenvalue weighted by atomic mass is 10.2. The molecule has 0 aromatic carbocycles. The number of H-pyrrole nitrogens is 1. The normalized spacial score (nSPS) is 13.1. The molecule has 0 saturated carbocycles. The van der Waals surface area contributed by atoms with Crippen LogP contribution in [0.3, 0.4) is 0 Å². The number of hydrogen-bond donors (Lipinski definition) is 1. The Labute approximate surface area is 99.3 Å². The second-order valence-corrected chi connectivity index (χ2v) is 4.36. The number of fused-ring (bicyclic) bond motifs is 1. The molecule has 2 aromatic heterocycles. The van der Waals surface area contributed by atoms with Crippen LogP contribution in [0.25, 0.3) is 11.2 Å². The summed E-state index contributed by atoms with van der Waals surface area (Å²) in [6.07, 6.45) is 1.78. The SMILES string of the molecule is COCC(C)Cn1c(=S)[nH]c2cccnc21. The highest BCUT2D eigenvalue weighted by Crippen LogP contribution is 2.12. The Morgan fingerprint density at radius 3 is 3.19 bits per heavy atom. The number of ether oxygens (including phenoxy) is 1. The molecule has 0 amide bonds. The molecule has 0 aliphatic heterocycles. The summed E-state index contributed by atoms with van der Waals surface area (Å²) >= 11 is 5.28. The number of aromatic amines is 1. The number of rotatable bonds is 4. The van der Waals surface area contributed by atoms with Gasteiger partial charge in [-0.25, -0.2) is 4.98 Å². The number of hydrogen-bond acceptors (Lipinski definition) is 3. The van der Waals surface area contributed by atoms with Gasteiger partial charge in [0.1, 0.15) is 0 Å². The van der Waals surface area contributed by atoms with Crippen molar-refractivity contribution in [3.05, 3.63) is 23.1 Å². The zero-order chi connectivity index (χ0) is 11.5. The van der Waals surface area contributed by atoms with Crippen molar-refractivity contribution < 1.29 is 4.74 Å². The van der Waals surface area contributed by atoms with E-state index in [9.17, 15) is 0 Å². The van der Waals surface area contributed by atoms with Gasteiger partial charge in [0.25, 0.3) is 0 Å². The van der Waals surface area contributed by atoms with Gasteiger partial charge < -0.3 is 14.3 Å². The maximum absolute atomic E-state index is 5.28. The minimum atomic E-state index is 0.415. The summed E-state index contributed by atoms with van der Waals surface area (Å²) in [7, 11) is 1.71. The Hall–Kier alpha value is -1.20. The summed E-state index contributed by atoms with van der Waals surface area (Å²) < 4.78 is 7.87. The average Bonchev–Trinajstić information content (AvgIpc) is 2.56. The van der Waals surface area contributed by atoms with E-state index >= 15 is 0 Å². The van der Waals surface area contributed by atoms with Gasteiger partial charge in [-0.15, -0.1) is 0 Å². The first kappa shape index (κ1) is 11.3. The van der Waals surface area contributed by atoms with Crippen molar-refractivity contribution in [3.8, 4) is 0 Å². The molecule has 5 heteroatoms. The first-order chi connectivity index (χ1) is 7.72. The molecule has 86 valence electrons. The fourth-order valence-electron chi connectivity index (χ4n) is 1.81. The molecule has 1 N–H and O–H groups in total. The molecular formula is C11H15N3OS. The van der Waals surface area contributed by atoms with Crippen molar-refractivity contribution in [3.63, 3.8) is 0 Å². The second kappa shape index (κ2) is 4.76. The summed E-state index contributed by atoms with van der Waals surface area (Å²) in [6.45, 7) is 3.68. The third-order valence-electron chi connectivity index (χ3n) is 2.47. The van der Waals surface area contributed by atoms with E-state index in [0.29, 0.717) is 5.92 Å². The van der Waals surface area contributed by atoms with E-state index in [4.69, 9.17) is 17.0 Å². The van der Waals surface area contributed by atoms with Crippen molar-refractivity contribution >= 4 is 23.4 Å². The molecule has 1 atom stereocenters. The predicted octanol–water partition coefficient (Wildman–Crippen LogP) is 2.38. The first-order valence-electron chi connectivity index (χ1n) is 5.25. The van der Waals surface area contributed by atoms with Crippen LogP contribution >= 0.6 is 12.2 Å². The van der Waals surface area contributed by atoms with Crippen LogP contribution < -0.4 is 0 Å². The topological polar surface area (TPSA) is 42.8 Å². The number of nitrogens with zero attached hydrogens (tertiary/aromatic N) is 2. The predicted molar refractivity (Wildman–Crippen MR) is 66.0 cm³/mol. The Bertz CT molecular complexity index is 531. The van der Waals surface area contributed by atoms with Crippen LogP contribution in [-0.2, 0) is 11.3 Å². The van der Waals surface area contributed by atoms with Crippen molar-refractivity contribution in [2.45, 2.75) is 13.5 Å². The molecule has 0 saturated heterocycles. The van der Waals surface area contributed by atoms with Gasteiger partial charge in [0.2, 0.25) is 0 Å². The van der Waals surface area contributed by atoms with E-state index in [1.54, 1.807) is 13.3 Å². The molecular weight excluding hydrogens is 222 g/mol. The zero-order valence-electron chi connectivity index (χ0n) is 9.43. The van der Waals surface area contributed by atoms with Crippen LogP contribution in [0.4, 0.5) is 0 Å². The molecule has 16 heavy (non-hydrogen) atoms. The van der Waals surface area contributed by atoms with E-state index in [2.05, 4.69) is 16.9 Å². The molecule has 2 aromatic rings. The van der Waals surface area contributed by atoms with E-state index in [-0.39, 0.29) is 0 Å². The minimum Gasteiger partial charge on any atom is -0.384 e. The van der Waals surface area contributed by atoms with Gasteiger partial charge >= 0.3 is 0 Å². The minimum absolute atomic E-state index is 0.415. The standard InChI is InChI=1S/C11H15N3OS/c1-8(7-15-2)6-14-10-9(13-11(14)16)4-3-5-12-10/h3-5,8H,6-7H2,1-2H3,(H,13,16). The van der Waals surface area contributed by atoms with Crippen molar-refractivity contribution in [2.75, 3.05) is 13.7 Å². The van der Waals surface area contributed by atoms with E-state index in [1.807, 2.05) is 16.7 Å². The Kier molecular flexibility index (Phi) is 3.36. The third kappa shape index (κ3) is 2.15. The van der Waals surface area contributed by atoms with Gasteiger partial charge in [-0.1, -0.05) is 6.92 Å². The largest absolute Gasteiger partial charge is 0.384 e. The third-order valence-corrected chi connectivity index (χ3v) is 2.80. The lowest BCUT2D eigenvalue weighted by Crippen LogP contribution is -2.13. The zero-order valence-corrected chi connectivity index (χ0v) is 10.3. The number of pyridine rings is 1. The highest BCUT2D eigenvalue weighted by atomic mass is 32.1. The Balaban J connectivity index is 2.36. The van der Waals surface area contributed by atoms with Crippen LogP contribution in [0, 0.1) is 10.7 Å². The number of nitrogens with one attached hydrogen (secondary N) is 1. The van der Waals surface area contributed by atoms with Gasteiger partial charge in [-0.05, 0) is 30.3 Å². The summed E-state index contributed by atoms with van der Waals surface area (Å²) in [5.41, 5.74) is 1.90. The molecule has 0 aliphatic carbocycles. The highest BCUT2D eigenvalue weighted by Gasteiger charge is 2.08. The maximum atomic E-state index is 5.28. The van der Waals surface area contributed by atoms with Gasteiger partial charge in [0.15, 0.2) is 10.4 Å². The van der Waals surface area contributed by atoms with Crippen molar-refractivity contribution in [1.29, 1.82) is 0 Å². The summed E-state index contributed by atoms with van der Waals surface area (Å²) in [5.74, 6) is 0.415. The Morgan fingerprint density at radius 2 is 2.44 bits per heavy atom. The molecule has 2 rings (SSSR count). The van der Waals surface area contributed by atoms with Crippen LogP contribution in [0.1, 0.15) is 6.92 Å². The molecule has 4 nitrogen and oxygen atoms in total. The second-order valence-electron chi connectivity index (χ2n) is 3.98. The lowest BCUT2D eigenvalue weighted by molar-refractivity contribution is 0.152. The molecule has 0 bridgehead atoms. The van der Waals surface area contributed by atoms with E-state index in [0.717, 1.165) is 29.1 Å². The average molecular weight is 237 g/mol.